The zero-order valence-electron chi connectivity index (χ0n) is 15.6. The number of piperidine rings is 1. The second-order valence-electron chi connectivity index (χ2n) is 7.40. The van der Waals surface area contributed by atoms with Gasteiger partial charge in [0.1, 0.15) is 0 Å². The van der Waals surface area contributed by atoms with E-state index in [1.54, 1.807) is 12.1 Å². The third kappa shape index (κ3) is 3.36. The van der Waals surface area contributed by atoms with Gasteiger partial charge in [-0.15, -0.1) is 0 Å². The van der Waals surface area contributed by atoms with Crippen molar-refractivity contribution in [3.8, 4) is 11.4 Å². The van der Waals surface area contributed by atoms with Gasteiger partial charge in [-0.3, -0.25) is 9.59 Å². The van der Waals surface area contributed by atoms with Crippen molar-refractivity contribution in [2.45, 2.75) is 44.6 Å². The Morgan fingerprint density at radius 1 is 1.11 bits per heavy atom. The zero-order valence-corrected chi connectivity index (χ0v) is 15.6. The van der Waals surface area contributed by atoms with Crippen molar-refractivity contribution in [3.63, 3.8) is 0 Å². The maximum absolute atomic E-state index is 13.4. The van der Waals surface area contributed by atoms with Crippen molar-refractivity contribution in [2.24, 2.45) is 5.92 Å². The van der Waals surface area contributed by atoms with Crippen LogP contribution in [0, 0.1) is 5.92 Å². The third-order valence-corrected chi connectivity index (χ3v) is 5.82. The van der Waals surface area contributed by atoms with Gasteiger partial charge < -0.3 is 9.64 Å². The van der Waals surface area contributed by atoms with Crippen LogP contribution in [0.2, 0.25) is 0 Å². The van der Waals surface area contributed by atoms with Crippen molar-refractivity contribution >= 4 is 5.91 Å². The molecule has 6 heteroatoms. The molecule has 1 aromatic carbocycles. The van der Waals surface area contributed by atoms with Crippen LogP contribution >= 0.6 is 0 Å². The molecular formula is C21H25N3O3. The van der Waals surface area contributed by atoms with Gasteiger partial charge in [0.2, 0.25) is 0 Å². The number of benzene rings is 1. The Bertz CT molecular complexity index is 876. The number of hydrogen-bond acceptors (Lipinski definition) is 4. The van der Waals surface area contributed by atoms with Crippen LogP contribution < -0.4 is 10.3 Å². The number of carbonyl (C=O) groups is 1. The first kappa shape index (κ1) is 17.8. The predicted octanol–water partition coefficient (Wildman–Crippen LogP) is 3.04. The molecule has 1 saturated carbocycles. The summed E-state index contributed by atoms with van der Waals surface area (Å²) in [5, 5.41) is 4.41. The van der Waals surface area contributed by atoms with Crippen LogP contribution in [0.1, 0.15) is 49.0 Å². The first-order valence-electron chi connectivity index (χ1n) is 9.74. The number of hydrogen-bond donors (Lipinski definition) is 0. The van der Waals surface area contributed by atoms with Gasteiger partial charge in [-0.1, -0.05) is 31.0 Å². The third-order valence-electron chi connectivity index (χ3n) is 5.82. The van der Waals surface area contributed by atoms with Crippen molar-refractivity contribution in [3.05, 3.63) is 52.4 Å². The van der Waals surface area contributed by atoms with Crippen LogP contribution in [-0.4, -0.2) is 40.3 Å². The minimum Gasteiger partial charge on any atom is -0.494 e. The monoisotopic (exact) mass is 367 g/mol. The van der Waals surface area contributed by atoms with Crippen molar-refractivity contribution in [2.75, 3.05) is 13.7 Å². The van der Waals surface area contributed by atoms with Crippen LogP contribution in [0.5, 0.6) is 5.75 Å². The molecule has 2 heterocycles. The Morgan fingerprint density at radius 3 is 2.63 bits per heavy atom. The van der Waals surface area contributed by atoms with Crippen LogP contribution in [0.15, 0.2) is 41.2 Å². The summed E-state index contributed by atoms with van der Waals surface area (Å²) in [4.78, 5) is 27.8. The fourth-order valence-corrected chi connectivity index (χ4v) is 4.51. The van der Waals surface area contributed by atoms with Gasteiger partial charge in [-0.2, -0.15) is 9.78 Å². The molecule has 0 radical (unpaired) electrons. The second-order valence-corrected chi connectivity index (χ2v) is 7.40. The van der Waals surface area contributed by atoms with Crippen LogP contribution in [-0.2, 0) is 0 Å². The van der Waals surface area contributed by atoms with E-state index in [4.69, 9.17) is 4.74 Å². The Labute approximate surface area is 158 Å². The fourth-order valence-electron chi connectivity index (χ4n) is 4.51. The van der Waals surface area contributed by atoms with E-state index in [0.717, 1.165) is 19.4 Å². The Morgan fingerprint density at radius 2 is 1.85 bits per heavy atom. The average molecular weight is 367 g/mol. The number of likely N-dealkylation sites (tertiary alicyclic amines) is 1. The van der Waals surface area contributed by atoms with E-state index in [2.05, 4.69) is 5.10 Å². The fraction of sp³-hybridized carbons (Fsp3) is 0.476. The number of methoxy groups -OCH3 is 1. The minimum absolute atomic E-state index is 0.131. The quantitative estimate of drug-likeness (QED) is 0.836. The summed E-state index contributed by atoms with van der Waals surface area (Å²) in [6.45, 7) is 0.745. The molecule has 0 bridgehead atoms. The van der Waals surface area contributed by atoms with Crippen molar-refractivity contribution < 1.29 is 9.53 Å². The summed E-state index contributed by atoms with van der Waals surface area (Å²) in [6, 6.07) is 10.8. The number of ether oxygens (including phenoxy) is 1. The van der Waals surface area contributed by atoms with E-state index < -0.39 is 0 Å². The highest BCUT2D eigenvalue weighted by Gasteiger charge is 2.37. The van der Waals surface area contributed by atoms with Crippen LogP contribution in [0.25, 0.3) is 5.69 Å². The molecule has 2 aliphatic rings. The number of para-hydroxylation sites is 1. The minimum atomic E-state index is -0.316. The predicted molar refractivity (Wildman–Crippen MR) is 102 cm³/mol. The summed E-state index contributed by atoms with van der Waals surface area (Å²) < 4.78 is 6.62. The molecule has 6 nitrogen and oxygen atoms in total. The second kappa shape index (κ2) is 7.55. The van der Waals surface area contributed by atoms with Crippen molar-refractivity contribution in [1.82, 2.24) is 14.7 Å². The Hall–Kier alpha value is -2.63. The van der Waals surface area contributed by atoms with Gasteiger partial charge in [-0.25, -0.2) is 0 Å². The molecule has 142 valence electrons. The van der Waals surface area contributed by atoms with Gasteiger partial charge >= 0.3 is 0 Å². The van der Waals surface area contributed by atoms with E-state index in [9.17, 15) is 9.59 Å². The largest absolute Gasteiger partial charge is 0.494 e. The van der Waals surface area contributed by atoms with E-state index in [-0.39, 0.29) is 29.0 Å². The molecule has 2 atom stereocenters. The summed E-state index contributed by atoms with van der Waals surface area (Å²) in [5.74, 6) is 0.700. The Balaban J connectivity index is 1.73. The molecule has 27 heavy (non-hydrogen) atoms. The molecule has 2 fully saturated rings. The van der Waals surface area contributed by atoms with E-state index in [0.29, 0.717) is 11.6 Å². The van der Waals surface area contributed by atoms with E-state index >= 15 is 0 Å². The maximum Gasteiger partial charge on any atom is 0.278 e. The van der Waals surface area contributed by atoms with E-state index in [1.807, 2.05) is 23.1 Å². The molecule has 0 N–H and O–H groups in total. The molecule has 1 amide bonds. The molecule has 0 spiro atoms. The number of carbonyl (C=O) groups excluding carboxylic acids is 1. The smallest absolute Gasteiger partial charge is 0.278 e. The first-order chi connectivity index (χ1) is 13.2. The number of nitrogens with zero attached hydrogens (tertiary/aromatic N) is 3. The number of amides is 1. The molecule has 1 aliphatic heterocycles. The lowest BCUT2D eigenvalue weighted by Crippen LogP contribution is -2.50. The molecule has 2 aromatic rings. The zero-order chi connectivity index (χ0) is 18.8. The molecule has 1 aliphatic carbocycles. The normalized spacial score (nSPS) is 22.2. The lowest BCUT2D eigenvalue weighted by molar-refractivity contribution is 0.0380. The lowest BCUT2D eigenvalue weighted by Gasteiger charge is -2.44. The van der Waals surface area contributed by atoms with Gasteiger partial charge in [0, 0.05) is 12.6 Å². The van der Waals surface area contributed by atoms with Crippen LogP contribution in [0.4, 0.5) is 0 Å². The standard InChI is InChI=1S/C21H25N3O3/c1-27-18-14-19(25)24(16-10-3-2-4-11-16)22-20(18)21(26)23-13-7-9-15-8-5-6-12-17(15)23/h2-4,10-11,14-15,17H,5-9,12-13H2,1H3/t15-,17-/m0/s1. The topological polar surface area (TPSA) is 64.4 Å². The summed E-state index contributed by atoms with van der Waals surface area (Å²) >= 11 is 0. The number of rotatable bonds is 3. The first-order valence-corrected chi connectivity index (χ1v) is 9.74. The van der Waals surface area contributed by atoms with Gasteiger partial charge in [0.25, 0.3) is 11.5 Å². The molecule has 1 saturated heterocycles. The highest BCUT2D eigenvalue weighted by molar-refractivity contribution is 5.95. The SMILES string of the molecule is COc1cc(=O)n(-c2ccccc2)nc1C(=O)N1CCC[C@@H]2CCCC[C@@H]21. The summed E-state index contributed by atoms with van der Waals surface area (Å²) in [6.07, 6.45) is 6.89. The van der Waals surface area contributed by atoms with Gasteiger partial charge in [0.15, 0.2) is 11.4 Å². The maximum atomic E-state index is 13.4. The molecular weight excluding hydrogens is 342 g/mol. The lowest BCUT2D eigenvalue weighted by atomic mass is 9.78. The van der Waals surface area contributed by atoms with Gasteiger partial charge in [0.05, 0.1) is 18.9 Å². The summed E-state index contributed by atoms with van der Waals surface area (Å²) in [5.41, 5.74) is 0.532. The van der Waals surface area contributed by atoms with Gasteiger partial charge in [-0.05, 0) is 43.7 Å². The van der Waals surface area contributed by atoms with Crippen molar-refractivity contribution in [1.29, 1.82) is 0 Å². The highest BCUT2D eigenvalue weighted by atomic mass is 16.5. The average Bonchev–Trinajstić information content (AvgIpc) is 2.73. The Kier molecular flexibility index (Phi) is 4.97. The number of fused-ring (bicyclic) bond motifs is 1. The molecule has 0 unspecified atom stereocenters. The summed E-state index contributed by atoms with van der Waals surface area (Å²) in [7, 11) is 1.47. The highest BCUT2D eigenvalue weighted by Crippen LogP contribution is 2.36. The molecule has 1 aromatic heterocycles. The van der Waals surface area contributed by atoms with Crippen LogP contribution in [0.3, 0.4) is 0 Å². The number of aromatic nitrogens is 2. The van der Waals surface area contributed by atoms with E-state index in [1.165, 1.54) is 43.5 Å². The molecule has 4 rings (SSSR count).